The van der Waals surface area contributed by atoms with Crippen molar-refractivity contribution < 1.29 is 9.53 Å². The zero-order chi connectivity index (χ0) is 12.7. The highest BCUT2D eigenvalue weighted by molar-refractivity contribution is 5.74. The molecule has 0 spiro atoms. The Morgan fingerprint density at radius 1 is 1.41 bits per heavy atom. The molecule has 17 heavy (non-hydrogen) atoms. The summed E-state index contributed by atoms with van der Waals surface area (Å²) in [6, 6.07) is 8.68. The number of nitrogens with two attached hydrogens (primary N) is 1. The van der Waals surface area contributed by atoms with Crippen LogP contribution in [0.25, 0.3) is 0 Å². The Labute approximate surface area is 102 Å². The van der Waals surface area contributed by atoms with Crippen LogP contribution < -0.4 is 11.1 Å². The number of ether oxygens (including phenoxy) is 1. The number of nitrogens with one attached hydrogen (secondary N) is 1. The van der Waals surface area contributed by atoms with Crippen LogP contribution in [0.15, 0.2) is 24.3 Å². The monoisotopic (exact) mass is 236 g/mol. The van der Waals surface area contributed by atoms with Gasteiger partial charge in [-0.05, 0) is 19.4 Å². The molecule has 1 amide bonds. The first-order valence-corrected chi connectivity index (χ1v) is 5.75. The lowest BCUT2D eigenvalue weighted by molar-refractivity contribution is -0.122. The van der Waals surface area contributed by atoms with Crippen LogP contribution >= 0.6 is 0 Å². The van der Waals surface area contributed by atoms with Gasteiger partial charge in [0, 0.05) is 12.6 Å². The van der Waals surface area contributed by atoms with Crippen molar-refractivity contribution in [1.82, 2.24) is 5.32 Å². The number of hydrogen-bond acceptors (Lipinski definition) is 3. The number of primary amides is 1. The molecule has 94 valence electrons. The molecular formula is C13H20N2O2. The third kappa shape index (κ3) is 5.47. The molecule has 3 N–H and O–H groups in total. The van der Waals surface area contributed by atoms with Crippen molar-refractivity contribution in [3.8, 4) is 0 Å². The summed E-state index contributed by atoms with van der Waals surface area (Å²) in [6.45, 7) is 5.33. The van der Waals surface area contributed by atoms with Crippen LogP contribution in [-0.4, -0.2) is 25.7 Å². The first kappa shape index (κ1) is 13.7. The predicted octanol–water partition coefficient (Wildman–Crippen LogP) is 1.15. The van der Waals surface area contributed by atoms with Crippen LogP contribution in [-0.2, 0) is 9.53 Å². The van der Waals surface area contributed by atoms with Gasteiger partial charge in [0.2, 0.25) is 5.91 Å². The zero-order valence-corrected chi connectivity index (χ0v) is 10.4. The van der Waals surface area contributed by atoms with E-state index >= 15 is 0 Å². The van der Waals surface area contributed by atoms with Crippen molar-refractivity contribution in [1.29, 1.82) is 0 Å². The van der Waals surface area contributed by atoms with Gasteiger partial charge in [-0.3, -0.25) is 4.79 Å². The molecule has 1 rings (SSSR count). The van der Waals surface area contributed by atoms with Crippen molar-refractivity contribution in [2.24, 2.45) is 5.73 Å². The van der Waals surface area contributed by atoms with E-state index in [4.69, 9.17) is 10.5 Å². The van der Waals surface area contributed by atoms with E-state index in [9.17, 15) is 4.79 Å². The van der Waals surface area contributed by atoms with Crippen LogP contribution in [0.3, 0.4) is 0 Å². The Morgan fingerprint density at radius 2 is 2.06 bits per heavy atom. The average molecular weight is 236 g/mol. The average Bonchev–Trinajstić information content (AvgIpc) is 2.29. The molecule has 1 atom stereocenters. The summed E-state index contributed by atoms with van der Waals surface area (Å²) in [6.07, 6.45) is 0. The van der Waals surface area contributed by atoms with E-state index in [0.717, 1.165) is 0 Å². The molecule has 0 saturated carbocycles. The van der Waals surface area contributed by atoms with Crippen LogP contribution in [0.4, 0.5) is 0 Å². The number of carbonyl (C=O) groups excluding carboxylic acids is 1. The summed E-state index contributed by atoms with van der Waals surface area (Å²) < 4.78 is 5.06. The molecule has 0 heterocycles. The minimum absolute atomic E-state index is 0.0133. The third-order valence-corrected chi connectivity index (χ3v) is 2.52. The Balaban J connectivity index is 2.23. The van der Waals surface area contributed by atoms with Gasteiger partial charge in [0.25, 0.3) is 0 Å². The van der Waals surface area contributed by atoms with Crippen molar-refractivity contribution >= 4 is 5.91 Å². The molecule has 0 aliphatic carbocycles. The number of hydrogen-bond donors (Lipinski definition) is 2. The van der Waals surface area contributed by atoms with Crippen molar-refractivity contribution in [2.75, 3.05) is 19.8 Å². The van der Waals surface area contributed by atoms with Crippen LogP contribution in [0, 0.1) is 6.92 Å². The molecule has 4 nitrogen and oxygen atoms in total. The van der Waals surface area contributed by atoms with E-state index in [-0.39, 0.29) is 12.6 Å². The standard InChI is InChI=1S/C13H20N2O2/c1-10-3-5-12(6-4-10)11(2)15-7-8-17-9-13(14)16/h3-6,11,15H,7-9H2,1-2H3,(H2,14,16). The molecule has 0 fully saturated rings. The van der Waals surface area contributed by atoms with Gasteiger partial charge in [0.1, 0.15) is 6.61 Å². The third-order valence-electron chi connectivity index (χ3n) is 2.52. The largest absolute Gasteiger partial charge is 0.370 e. The minimum Gasteiger partial charge on any atom is -0.370 e. The predicted molar refractivity (Wildman–Crippen MR) is 67.6 cm³/mol. The van der Waals surface area contributed by atoms with Gasteiger partial charge < -0.3 is 15.8 Å². The molecule has 1 aromatic carbocycles. The van der Waals surface area contributed by atoms with Gasteiger partial charge >= 0.3 is 0 Å². The first-order valence-electron chi connectivity index (χ1n) is 5.75. The molecule has 0 saturated heterocycles. The number of benzene rings is 1. The molecule has 0 aliphatic rings. The van der Waals surface area contributed by atoms with E-state index in [0.29, 0.717) is 13.2 Å². The molecule has 0 bridgehead atoms. The number of amides is 1. The number of aryl methyl sites for hydroxylation is 1. The number of rotatable bonds is 7. The quantitative estimate of drug-likeness (QED) is 0.698. The SMILES string of the molecule is Cc1ccc(C(C)NCCOCC(N)=O)cc1. The van der Waals surface area contributed by atoms with Gasteiger partial charge in [-0.1, -0.05) is 29.8 Å². The highest BCUT2D eigenvalue weighted by atomic mass is 16.5. The van der Waals surface area contributed by atoms with Gasteiger partial charge in [0.15, 0.2) is 0 Å². The van der Waals surface area contributed by atoms with Gasteiger partial charge in [-0.25, -0.2) is 0 Å². The van der Waals surface area contributed by atoms with E-state index in [2.05, 4.69) is 43.4 Å². The Kier molecular flexibility index (Phi) is 5.66. The highest BCUT2D eigenvalue weighted by Crippen LogP contribution is 2.12. The Hall–Kier alpha value is -1.39. The Morgan fingerprint density at radius 3 is 2.65 bits per heavy atom. The van der Waals surface area contributed by atoms with E-state index in [1.807, 2.05) is 0 Å². The maximum absolute atomic E-state index is 10.4. The lowest BCUT2D eigenvalue weighted by atomic mass is 10.1. The van der Waals surface area contributed by atoms with Crippen LogP contribution in [0.5, 0.6) is 0 Å². The first-order chi connectivity index (χ1) is 8.09. The van der Waals surface area contributed by atoms with Crippen LogP contribution in [0.2, 0.25) is 0 Å². The number of carbonyl (C=O) groups is 1. The van der Waals surface area contributed by atoms with E-state index in [1.165, 1.54) is 11.1 Å². The summed E-state index contributed by atoms with van der Waals surface area (Å²) in [7, 11) is 0. The van der Waals surface area contributed by atoms with E-state index in [1.54, 1.807) is 0 Å². The fourth-order valence-electron chi connectivity index (χ4n) is 1.49. The fraction of sp³-hybridized carbons (Fsp3) is 0.462. The topological polar surface area (TPSA) is 64.3 Å². The van der Waals surface area contributed by atoms with E-state index < -0.39 is 5.91 Å². The summed E-state index contributed by atoms with van der Waals surface area (Å²) in [4.78, 5) is 10.4. The minimum atomic E-state index is -0.434. The fourth-order valence-corrected chi connectivity index (χ4v) is 1.49. The second-order valence-corrected chi connectivity index (χ2v) is 4.11. The molecule has 0 aromatic heterocycles. The molecule has 0 aliphatic heterocycles. The summed E-state index contributed by atoms with van der Waals surface area (Å²) >= 11 is 0. The normalized spacial score (nSPS) is 12.4. The van der Waals surface area contributed by atoms with Gasteiger partial charge in [0.05, 0.1) is 6.61 Å². The lowest BCUT2D eigenvalue weighted by Gasteiger charge is -2.14. The second kappa shape index (κ2) is 7.04. The van der Waals surface area contributed by atoms with Crippen molar-refractivity contribution in [3.05, 3.63) is 35.4 Å². The second-order valence-electron chi connectivity index (χ2n) is 4.11. The summed E-state index contributed by atoms with van der Waals surface area (Å²) in [5.41, 5.74) is 7.45. The molecule has 1 aromatic rings. The Bertz CT molecular complexity index is 349. The van der Waals surface area contributed by atoms with Crippen LogP contribution in [0.1, 0.15) is 24.1 Å². The smallest absolute Gasteiger partial charge is 0.243 e. The summed E-state index contributed by atoms with van der Waals surface area (Å²) in [5.74, 6) is -0.434. The zero-order valence-electron chi connectivity index (χ0n) is 10.4. The maximum Gasteiger partial charge on any atom is 0.243 e. The molecule has 4 heteroatoms. The molecule has 0 radical (unpaired) electrons. The van der Waals surface area contributed by atoms with Gasteiger partial charge in [-0.2, -0.15) is 0 Å². The molecular weight excluding hydrogens is 216 g/mol. The lowest BCUT2D eigenvalue weighted by Crippen LogP contribution is -2.25. The highest BCUT2D eigenvalue weighted by Gasteiger charge is 2.03. The molecule has 1 unspecified atom stereocenters. The van der Waals surface area contributed by atoms with Crippen molar-refractivity contribution in [2.45, 2.75) is 19.9 Å². The van der Waals surface area contributed by atoms with Gasteiger partial charge in [-0.15, -0.1) is 0 Å². The summed E-state index contributed by atoms with van der Waals surface area (Å²) in [5, 5.41) is 3.31. The maximum atomic E-state index is 10.4. The van der Waals surface area contributed by atoms with Crippen molar-refractivity contribution in [3.63, 3.8) is 0 Å².